The molecule has 20 heavy (non-hydrogen) atoms. The number of halogens is 2. The summed E-state index contributed by atoms with van der Waals surface area (Å²) in [7, 11) is -3.53. The van der Waals surface area contributed by atoms with Gasteiger partial charge in [-0.25, -0.2) is 8.42 Å². The van der Waals surface area contributed by atoms with Crippen molar-refractivity contribution in [2.24, 2.45) is 0 Å². The zero-order valence-corrected chi connectivity index (χ0v) is 13.9. The van der Waals surface area contributed by atoms with E-state index in [1.807, 2.05) is 0 Å². The van der Waals surface area contributed by atoms with Crippen molar-refractivity contribution in [2.45, 2.75) is 17.6 Å². The molecule has 106 valence electrons. The molecule has 0 aliphatic carbocycles. The average molecular weight is 375 g/mol. The van der Waals surface area contributed by atoms with E-state index in [4.69, 9.17) is 17.3 Å². The molecule has 0 aliphatic heterocycles. The third-order valence-corrected chi connectivity index (χ3v) is 5.54. The van der Waals surface area contributed by atoms with Crippen LogP contribution in [0, 0.1) is 6.92 Å². The third-order valence-electron chi connectivity index (χ3n) is 2.98. The first kappa shape index (κ1) is 15.4. The van der Waals surface area contributed by atoms with Crippen molar-refractivity contribution in [2.75, 3.05) is 5.73 Å². The molecule has 0 fully saturated rings. The van der Waals surface area contributed by atoms with Crippen molar-refractivity contribution in [1.29, 1.82) is 0 Å². The van der Waals surface area contributed by atoms with Gasteiger partial charge in [0.2, 0.25) is 0 Å². The van der Waals surface area contributed by atoms with Gasteiger partial charge < -0.3 is 5.73 Å². The van der Waals surface area contributed by atoms with Crippen LogP contribution in [0.2, 0.25) is 5.02 Å². The fourth-order valence-corrected chi connectivity index (χ4v) is 4.26. The Balaban J connectivity index is 2.44. The van der Waals surface area contributed by atoms with Crippen LogP contribution in [0.1, 0.15) is 11.1 Å². The lowest BCUT2D eigenvalue weighted by molar-refractivity contribution is 0.595. The maximum Gasteiger partial charge on any atom is 0.184 e. The lowest BCUT2D eigenvalue weighted by Gasteiger charge is -2.10. The second kappa shape index (κ2) is 5.76. The van der Waals surface area contributed by atoms with E-state index >= 15 is 0 Å². The second-order valence-corrected chi connectivity index (χ2v) is 7.76. The van der Waals surface area contributed by atoms with E-state index in [2.05, 4.69) is 15.9 Å². The van der Waals surface area contributed by atoms with Gasteiger partial charge in [0, 0.05) is 9.50 Å². The number of nitrogen functional groups attached to an aromatic ring is 1. The van der Waals surface area contributed by atoms with E-state index < -0.39 is 9.84 Å². The SMILES string of the molecule is Cc1cccc(S(=O)(=O)Cc2ccc(Br)cc2Cl)c1N. The molecule has 0 saturated carbocycles. The summed E-state index contributed by atoms with van der Waals surface area (Å²) in [5.41, 5.74) is 7.45. The van der Waals surface area contributed by atoms with E-state index in [0.29, 0.717) is 16.3 Å². The Labute approximate surface area is 131 Å². The summed E-state index contributed by atoms with van der Waals surface area (Å²) in [6, 6.07) is 10.1. The Morgan fingerprint density at radius 1 is 1.25 bits per heavy atom. The standard InChI is InChI=1S/C14H13BrClNO2S/c1-9-3-2-4-13(14(9)17)20(18,19)8-10-5-6-11(15)7-12(10)16/h2-7H,8,17H2,1H3. The van der Waals surface area contributed by atoms with Gasteiger partial charge in [0.25, 0.3) is 0 Å². The monoisotopic (exact) mass is 373 g/mol. The van der Waals surface area contributed by atoms with Crippen molar-refractivity contribution in [3.05, 3.63) is 57.0 Å². The molecule has 0 heterocycles. The zero-order chi connectivity index (χ0) is 14.9. The molecule has 0 unspecified atom stereocenters. The van der Waals surface area contributed by atoms with Gasteiger partial charge in [0.15, 0.2) is 9.84 Å². The minimum Gasteiger partial charge on any atom is -0.397 e. The second-order valence-electron chi connectivity index (χ2n) is 4.48. The molecule has 6 heteroatoms. The normalized spacial score (nSPS) is 11.6. The Morgan fingerprint density at radius 2 is 1.95 bits per heavy atom. The summed E-state index contributed by atoms with van der Waals surface area (Å²) in [5.74, 6) is -0.174. The van der Waals surface area contributed by atoms with Gasteiger partial charge in [-0.15, -0.1) is 0 Å². The predicted octanol–water partition coefficient (Wildman–Crippen LogP) is 3.97. The van der Waals surface area contributed by atoms with Gasteiger partial charge in [0.05, 0.1) is 16.3 Å². The average Bonchev–Trinajstić information content (AvgIpc) is 2.36. The highest BCUT2D eigenvalue weighted by atomic mass is 79.9. The number of hydrogen-bond donors (Lipinski definition) is 1. The van der Waals surface area contributed by atoms with Crippen LogP contribution >= 0.6 is 27.5 Å². The van der Waals surface area contributed by atoms with Gasteiger partial charge in [0.1, 0.15) is 0 Å². The summed E-state index contributed by atoms with van der Waals surface area (Å²) in [6.45, 7) is 1.78. The topological polar surface area (TPSA) is 60.2 Å². The van der Waals surface area contributed by atoms with E-state index in [0.717, 1.165) is 10.0 Å². The number of hydrogen-bond acceptors (Lipinski definition) is 3. The summed E-state index contributed by atoms with van der Waals surface area (Å²) < 4.78 is 25.7. The van der Waals surface area contributed by atoms with Gasteiger partial charge >= 0.3 is 0 Å². The first-order valence-corrected chi connectivity index (χ1v) is 8.65. The molecule has 0 radical (unpaired) electrons. The fraction of sp³-hybridized carbons (Fsp3) is 0.143. The van der Waals surface area contributed by atoms with Crippen LogP contribution in [-0.4, -0.2) is 8.42 Å². The van der Waals surface area contributed by atoms with Crippen LogP contribution < -0.4 is 5.73 Å². The molecule has 2 aromatic rings. The van der Waals surface area contributed by atoms with Crippen molar-refractivity contribution >= 4 is 43.1 Å². The number of rotatable bonds is 3. The van der Waals surface area contributed by atoms with E-state index in [-0.39, 0.29) is 10.6 Å². The molecule has 0 amide bonds. The largest absolute Gasteiger partial charge is 0.397 e. The van der Waals surface area contributed by atoms with Gasteiger partial charge in [-0.05, 0) is 36.2 Å². The van der Waals surface area contributed by atoms with Crippen LogP contribution in [0.5, 0.6) is 0 Å². The predicted molar refractivity (Wildman–Crippen MR) is 85.6 cm³/mol. The number of aryl methyl sites for hydroxylation is 1. The van der Waals surface area contributed by atoms with E-state index in [1.54, 1.807) is 37.3 Å². The summed E-state index contributed by atoms with van der Waals surface area (Å²) in [4.78, 5) is 0.150. The maximum atomic E-state index is 12.5. The molecular weight excluding hydrogens is 362 g/mol. The highest BCUT2D eigenvalue weighted by Crippen LogP contribution is 2.28. The highest BCUT2D eigenvalue weighted by molar-refractivity contribution is 9.10. The van der Waals surface area contributed by atoms with Crippen LogP contribution in [-0.2, 0) is 15.6 Å². The van der Waals surface area contributed by atoms with Crippen molar-refractivity contribution in [1.82, 2.24) is 0 Å². The van der Waals surface area contributed by atoms with Gasteiger partial charge in [-0.3, -0.25) is 0 Å². The Bertz CT molecular complexity index is 760. The Hall–Kier alpha value is -1.04. The number of benzene rings is 2. The van der Waals surface area contributed by atoms with E-state index in [1.165, 1.54) is 6.07 Å². The Kier molecular flexibility index (Phi) is 4.42. The van der Waals surface area contributed by atoms with Crippen LogP contribution in [0.3, 0.4) is 0 Å². The van der Waals surface area contributed by atoms with Gasteiger partial charge in [-0.2, -0.15) is 0 Å². The number of nitrogens with two attached hydrogens (primary N) is 1. The molecule has 0 spiro atoms. The minimum absolute atomic E-state index is 0.150. The van der Waals surface area contributed by atoms with Crippen molar-refractivity contribution in [3.63, 3.8) is 0 Å². The fourth-order valence-electron chi connectivity index (χ4n) is 1.85. The summed E-state index contributed by atoms with van der Waals surface area (Å²) in [5, 5.41) is 0.411. The van der Waals surface area contributed by atoms with Crippen LogP contribution in [0.25, 0.3) is 0 Å². The Morgan fingerprint density at radius 3 is 2.60 bits per heavy atom. The highest BCUT2D eigenvalue weighted by Gasteiger charge is 2.20. The first-order chi connectivity index (χ1) is 9.31. The lowest BCUT2D eigenvalue weighted by Crippen LogP contribution is -2.09. The molecule has 0 aromatic heterocycles. The molecule has 3 nitrogen and oxygen atoms in total. The maximum absolute atomic E-state index is 12.5. The number of anilines is 1. The third kappa shape index (κ3) is 3.16. The smallest absolute Gasteiger partial charge is 0.184 e. The van der Waals surface area contributed by atoms with Crippen molar-refractivity contribution < 1.29 is 8.42 Å². The molecular formula is C14H13BrClNO2S. The van der Waals surface area contributed by atoms with E-state index in [9.17, 15) is 8.42 Å². The molecule has 0 bridgehead atoms. The molecule has 0 atom stereocenters. The molecule has 0 saturated heterocycles. The number of para-hydroxylation sites is 1. The first-order valence-electron chi connectivity index (χ1n) is 5.83. The zero-order valence-electron chi connectivity index (χ0n) is 10.7. The van der Waals surface area contributed by atoms with Gasteiger partial charge in [-0.1, -0.05) is 45.7 Å². The molecule has 2 rings (SSSR count). The lowest BCUT2D eigenvalue weighted by atomic mass is 10.2. The molecule has 0 aliphatic rings. The summed E-state index contributed by atoms with van der Waals surface area (Å²) in [6.07, 6.45) is 0. The quantitative estimate of drug-likeness (QED) is 0.827. The summed E-state index contributed by atoms with van der Waals surface area (Å²) >= 11 is 9.36. The van der Waals surface area contributed by atoms with Crippen LogP contribution in [0.4, 0.5) is 5.69 Å². The number of sulfone groups is 1. The molecule has 2 aromatic carbocycles. The minimum atomic E-state index is -3.53. The van der Waals surface area contributed by atoms with Crippen LogP contribution in [0.15, 0.2) is 45.8 Å². The van der Waals surface area contributed by atoms with Crippen molar-refractivity contribution in [3.8, 4) is 0 Å². The molecule has 2 N–H and O–H groups in total.